The van der Waals surface area contributed by atoms with Gasteiger partial charge in [-0.3, -0.25) is 5.10 Å². The summed E-state index contributed by atoms with van der Waals surface area (Å²) in [6, 6.07) is -0.752. The average molecular weight is 195 g/mol. The molecule has 1 aliphatic rings. The van der Waals surface area contributed by atoms with Crippen molar-refractivity contribution >= 4 is 5.97 Å². The van der Waals surface area contributed by atoms with Crippen LogP contribution in [0.15, 0.2) is 0 Å². The van der Waals surface area contributed by atoms with Crippen LogP contribution in [0, 0.1) is 0 Å². The molecular weight excluding hydrogens is 182 g/mol. The molecule has 2 rings (SSSR count). The number of nitrogens with one attached hydrogen (secondary N) is 1. The van der Waals surface area contributed by atoms with Gasteiger partial charge in [-0.2, -0.15) is 5.10 Å². The fraction of sp³-hybridized carbons (Fsp3) is 0.556. The van der Waals surface area contributed by atoms with Crippen molar-refractivity contribution in [1.82, 2.24) is 10.2 Å². The van der Waals surface area contributed by atoms with Crippen molar-refractivity contribution < 1.29 is 9.53 Å². The number of fused-ring (bicyclic) bond motifs is 1. The van der Waals surface area contributed by atoms with Crippen LogP contribution in [-0.4, -0.2) is 23.3 Å². The van der Waals surface area contributed by atoms with Crippen molar-refractivity contribution in [2.75, 3.05) is 7.11 Å². The van der Waals surface area contributed by atoms with Gasteiger partial charge in [0.25, 0.3) is 0 Å². The zero-order valence-electron chi connectivity index (χ0n) is 8.04. The maximum Gasteiger partial charge on any atom is 0.329 e. The van der Waals surface area contributed by atoms with Crippen LogP contribution in [0.25, 0.3) is 0 Å². The van der Waals surface area contributed by atoms with E-state index in [1.165, 1.54) is 7.11 Å². The highest BCUT2D eigenvalue weighted by Crippen LogP contribution is 2.26. The van der Waals surface area contributed by atoms with Crippen LogP contribution < -0.4 is 5.73 Å². The quantitative estimate of drug-likeness (QED) is 0.654. The van der Waals surface area contributed by atoms with E-state index in [1.54, 1.807) is 0 Å². The van der Waals surface area contributed by atoms with Gasteiger partial charge in [-0.25, -0.2) is 4.79 Å². The Morgan fingerprint density at radius 3 is 3.14 bits per heavy atom. The fourth-order valence-corrected chi connectivity index (χ4v) is 1.84. The predicted octanol–water partition coefficient (Wildman–Crippen LogP) is 0.0712. The number of aromatic nitrogens is 2. The molecule has 0 radical (unpaired) electrons. The number of carbonyl (C=O) groups excluding carboxylic acids is 1. The number of esters is 1. The normalized spacial score (nSPS) is 16.4. The molecule has 1 atom stereocenters. The van der Waals surface area contributed by atoms with Crippen LogP contribution in [0.2, 0.25) is 0 Å². The lowest BCUT2D eigenvalue weighted by molar-refractivity contribution is -0.142. The summed E-state index contributed by atoms with van der Waals surface area (Å²) in [6.45, 7) is 0. The van der Waals surface area contributed by atoms with E-state index in [9.17, 15) is 4.79 Å². The third-order valence-corrected chi connectivity index (χ3v) is 2.59. The van der Waals surface area contributed by atoms with Gasteiger partial charge < -0.3 is 10.5 Å². The molecule has 5 heteroatoms. The lowest BCUT2D eigenvalue weighted by Gasteiger charge is -2.07. The van der Waals surface area contributed by atoms with Gasteiger partial charge in [-0.15, -0.1) is 0 Å². The number of nitrogens with two attached hydrogens (primary N) is 1. The highest BCUT2D eigenvalue weighted by molar-refractivity contribution is 5.77. The van der Waals surface area contributed by atoms with Crippen molar-refractivity contribution in [3.05, 3.63) is 17.0 Å². The van der Waals surface area contributed by atoms with E-state index in [0.29, 0.717) is 5.69 Å². The molecule has 0 aromatic carbocycles. The highest BCUT2D eigenvalue weighted by Gasteiger charge is 2.26. The Bertz CT molecular complexity index is 359. The molecule has 1 aromatic rings. The molecule has 0 amide bonds. The second kappa shape index (κ2) is 3.42. The summed E-state index contributed by atoms with van der Waals surface area (Å²) in [6.07, 6.45) is 3.05. The van der Waals surface area contributed by atoms with E-state index < -0.39 is 12.0 Å². The molecule has 3 N–H and O–H groups in total. The first-order valence-corrected chi connectivity index (χ1v) is 4.63. The van der Waals surface area contributed by atoms with Gasteiger partial charge in [0.2, 0.25) is 0 Å². The molecule has 1 aromatic heterocycles. The minimum Gasteiger partial charge on any atom is -0.468 e. The number of aromatic amines is 1. The van der Waals surface area contributed by atoms with Crippen LogP contribution in [-0.2, 0) is 22.4 Å². The molecule has 76 valence electrons. The Balaban J connectivity index is 2.28. The standard InChI is InChI=1S/C9H13N3O2/c1-14-9(13)7(10)8-5-3-2-4-6(5)11-12-8/h7H,2-4,10H2,1H3,(H,11,12). The van der Waals surface area contributed by atoms with Gasteiger partial charge in [0.1, 0.15) is 6.04 Å². The lowest BCUT2D eigenvalue weighted by atomic mass is 10.1. The maximum absolute atomic E-state index is 11.2. The van der Waals surface area contributed by atoms with E-state index >= 15 is 0 Å². The Hall–Kier alpha value is -1.36. The van der Waals surface area contributed by atoms with Crippen molar-refractivity contribution in [2.24, 2.45) is 5.73 Å². The molecule has 0 saturated carbocycles. The molecule has 5 nitrogen and oxygen atoms in total. The Kier molecular flexibility index (Phi) is 2.25. The van der Waals surface area contributed by atoms with Crippen LogP contribution >= 0.6 is 0 Å². The van der Waals surface area contributed by atoms with Gasteiger partial charge in [-0.05, 0) is 24.8 Å². The molecule has 0 aliphatic heterocycles. The van der Waals surface area contributed by atoms with E-state index in [4.69, 9.17) is 5.73 Å². The monoisotopic (exact) mass is 195 g/mol. The second-order valence-electron chi connectivity index (χ2n) is 3.42. The number of aryl methyl sites for hydroxylation is 1. The minimum absolute atomic E-state index is 0.439. The lowest BCUT2D eigenvalue weighted by Crippen LogP contribution is -2.24. The summed E-state index contributed by atoms with van der Waals surface area (Å²) in [5.74, 6) is -0.439. The van der Waals surface area contributed by atoms with Crippen LogP contribution in [0.3, 0.4) is 0 Å². The van der Waals surface area contributed by atoms with Crippen molar-refractivity contribution in [3.8, 4) is 0 Å². The first-order chi connectivity index (χ1) is 6.74. The number of H-pyrrole nitrogens is 1. The fourth-order valence-electron chi connectivity index (χ4n) is 1.84. The molecule has 0 spiro atoms. The second-order valence-corrected chi connectivity index (χ2v) is 3.42. The van der Waals surface area contributed by atoms with E-state index in [0.717, 1.165) is 30.5 Å². The summed E-state index contributed by atoms with van der Waals surface area (Å²) >= 11 is 0. The number of carbonyl (C=O) groups is 1. The molecule has 14 heavy (non-hydrogen) atoms. The minimum atomic E-state index is -0.752. The van der Waals surface area contributed by atoms with Gasteiger partial charge in [0.15, 0.2) is 0 Å². The molecular formula is C9H13N3O2. The van der Waals surface area contributed by atoms with Crippen molar-refractivity contribution in [3.63, 3.8) is 0 Å². The van der Waals surface area contributed by atoms with E-state index in [2.05, 4.69) is 14.9 Å². The van der Waals surface area contributed by atoms with Crippen LogP contribution in [0.5, 0.6) is 0 Å². The average Bonchev–Trinajstić information content (AvgIpc) is 2.76. The first kappa shape index (κ1) is 9.21. The SMILES string of the molecule is COC(=O)C(N)c1n[nH]c2c1CCC2. The smallest absolute Gasteiger partial charge is 0.329 e. The molecule has 1 aliphatic carbocycles. The Labute approximate surface area is 81.6 Å². The summed E-state index contributed by atoms with van der Waals surface area (Å²) in [4.78, 5) is 11.2. The summed E-state index contributed by atoms with van der Waals surface area (Å²) in [5.41, 5.74) is 8.56. The first-order valence-electron chi connectivity index (χ1n) is 4.63. The molecule has 0 fully saturated rings. The Morgan fingerprint density at radius 2 is 2.43 bits per heavy atom. The van der Waals surface area contributed by atoms with Gasteiger partial charge >= 0.3 is 5.97 Å². The van der Waals surface area contributed by atoms with Crippen LogP contribution in [0.4, 0.5) is 0 Å². The van der Waals surface area contributed by atoms with Crippen LogP contribution in [0.1, 0.15) is 29.4 Å². The molecule has 1 heterocycles. The summed E-state index contributed by atoms with van der Waals surface area (Å²) in [7, 11) is 1.33. The highest BCUT2D eigenvalue weighted by atomic mass is 16.5. The topological polar surface area (TPSA) is 81.0 Å². The number of rotatable bonds is 2. The zero-order valence-corrected chi connectivity index (χ0v) is 8.04. The zero-order chi connectivity index (χ0) is 10.1. The van der Waals surface area contributed by atoms with Crippen molar-refractivity contribution in [1.29, 1.82) is 0 Å². The molecule has 0 saturated heterocycles. The number of methoxy groups -OCH3 is 1. The summed E-state index contributed by atoms with van der Waals surface area (Å²) < 4.78 is 4.58. The van der Waals surface area contributed by atoms with Gasteiger partial charge in [-0.1, -0.05) is 0 Å². The number of ether oxygens (including phenoxy) is 1. The predicted molar refractivity (Wildman–Crippen MR) is 49.6 cm³/mol. The van der Waals surface area contributed by atoms with Gasteiger partial charge in [0, 0.05) is 5.69 Å². The molecule has 0 bridgehead atoms. The van der Waals surface area contributed by atoms with E-state index in [1.807, 2.05) is 0 Å². The third-order valence-electron chi connectivity index (χ3n) is 2.59. The largest absolute Gasteiger partial charge is 0.468 e. The van der Waals surface area contributed by atoms with E-state index in [-0.39, 0.29) is 0 Å². The number of hydrogen-bond donors (Lipinski definition) is 2. The van der Waals surface area contributed by atoms with Gasteiger partial charge in [0.05, 0.1) is 12.8 Å². The number of hydrogen-bond acceptors (Lipinski definition) is 4. The number of nitrogens with zero attached hydrogens (tertiary/aromatic N) is 1. The maximum atomic E-state index is 11.2. The summed E-state index contributed by atoms with van der Waals surface area (Å²) in [5, 5.41) is 6.96. The Morgan fingerprint density at radius 1 is 1.64 bits per heavy atom. The third kappa shape index (κ3) is 1.29. The molecule has 1 unspecified atom stereocenters. The van der Waals surface area contributed by atoms with Crippen molar-refractivity contribution in [2.45, 2.75) is 25.3 Å².